The molecule has 0 aromatic carbocycles. The van der Waals surface area contributed by atoms with Crippen molar-refractivity contribution in [2.75, 3.05) is 40.3 Å². The number of nitrogens with zero attached hydrogens (tertiary/aromatic N) is 3. The topological polar surface area (TPSA) is 44.0 Å². The van der Waals surface area contributed by atoms with Crippen molar-refractivity contribution in [3.05, 3.63) is 46.5 Å². The number of aliphatic imine (C=N–C) groups is 1. The molecule has 6 heteroatoms. The Morgan fingerprint density at radius 2 is 2.08 bits per heavy atom. The molecule has 0 saturated carbocycles. The van der Waals surface area contributed by atoms with E-state index in [-0.39, 0.29) is 6.04 Å². The van der Waals surface area contributed by atoms with Crippen LogP contribution in [0.25, 0.3) is 0 Å². The van der Waals surface area contributed by atoms with Crippen LogP contribution in [0.1, 0.15) is 30.5 Å². The molecule has 0 amide bonds. The lowest BCUT2D eigenvalue weighted by atomic mass is 10.2. The average molecular weight is 363 g/mol. The first kappa shape index (κ1) is 19.5. The molecule has 2 aromatic heterocycles. The summed E-state index contributed by atoms with van der Waals surface area (Å²) in [4.78, 5) is 10.4. The van der Waals surface area contributed by atoms with E-state index in [1.54, 1.807) is 17.6 Å². The average Bonchev–Trinajstić information content (AvgIpc) is 3.33. The van der Waals surface area contributed by atoms with Crippen molar-refractivity contribution in [3.63, 3.8) is 0 Å². The van der Waals surface area contributed by atoms with Gasteiger partial charge in [-0.05, 0) is 43.1 Å². The van der Waals surface area contributed by atoms with Crippen LogP contribution in [0.4, 0.5) is 0 Å². The monoisotopic (exact) mass is 362 g/mol. The molecule has 5 nitrogen and oxygen atoms in total. The van der Waals surface area contributed by atoms with Crippen molar-refractivity contribution < 1.29 is 4.42 Å². The Bertz CT molecular complexity index is 605. The number of nitrogens with one attached hydrogen (secondary N) is 1. The van der Waals surface area contributed by atoms with Crippen molar-refractivity contribution in [2.45, 2.75) is 26.3 Å². The second-order valence-electron chi connectivity index (χ2n) is 5.93. The number of hydrogen-bond acceptors (Lipinski definition) is 4. The second kappa shape index (κ2) is 10.3. The highest BCUT2D eigenvalue weighted by Gasteiger charge is 2.21. The van der Waals surface area contributed by atoms with E-state index in [1.165, 1.54) is 4.88 Å². The summed E-state index contributed by atoms with van der Waals surface area (Å²) in [6.45, 7) is 8.04. The minimum atomic E-state index is 0.201. The van der Waals surface area contributed by atoms with E-state index in [9.17, 15) is 0 Å². The molecule has 0 saturated heterocycles. The first-order chi connectivity index (χ1) is 12.2. The molecule has 2 heterocycles. The third kappa shape index (κ3) is 5.61. The molecule has 2 rings (SSSR count). The quantitative estimate of drug-likeness (QED) is 0.548. The van der Waals surface area contributed by atoms with Crippen LogP contribution in [0.15, 0.2) is 45.3 Å². The minimum absolute atomic E-state index is 0.201. The number of rotatable bonds is 9. The number of likely N-dealkylation sites (N-methyl/N-ethyl adjacent to an activating group) is 2. The molecule has 1 unspecified atom stereocenters. The van der Waals surface area contributed by atoms with Gasteiger partial charge in [0.25, 0.3) is 0 Å². The summed E-state index contributed by atoms with van der Waals surface area (Å²) >= 11 is 1.80. The van der Waals surface area contributed by atoms with E-state index in [0.29, 0.717) is 0 Å². The summed E-state index contributed by atoms with van der Waals surface area (Å²) in [5.41, 5.74) is 0. The molecule has 0 fully saturated rings. The van der Waals surface area contributed by atoms with Crippen LogP contribution in [0.2, 0.25) is 0 Å². The van der Waals surface area contributed by atoms with Gasteiger partial charge in [0, 0.05) is 32.1 Å². The second-order valence-corrected chi connectivity index (χ2v) is 6.96. The van der Waals surface area contributed by atoms with Crippen molar-refractivity contribution >= 4 is 17.3 Å². The highest BCUT2D eigenvalue weighted by molar-refractivity contribution is 7.09. The van der Waals surface area contributed by atoms with E-state index in [0.717, 1.165) is 44.3 Å². The fraction of sp³-hybridized carbons (Fsp3) is 0.526. The number of thiophene rings is 1. The molecule has 1 atom stereocenters. The van der Waals surface area contributed by atoms with E-state index < -0.39 is 0 Å². The Morgan fingerprint density at radius 3 is 2.64 bits per heavy atom. The standard InChI is InChI=1S/C19H30N4OS/c1-5-23(6-2)17(18-10-7-13-24-18)15-21-19(20-3)22(4)12-11-16-9-8-14-25-16/h7-10,13-14,17H,5-6,11-12,15H2,1-4H3,(H,20,21). The summed E-state index contributed by atoms with van der Waals surface area (Å²) in [6, 6.07) is 8.49. The molecule has 0 radical (unpaired) electrons. The van der Waals surface area contributed by atoms with Gasteiger partial charge in [-0.25, -0.2) is 0 Å². The largest absolute Gasteiger partial charge is 0.468 e. The Hall–Kier alpha value is -1.79. The van der Waals surface area contributed by atoms with Gasteiger partial charge in [-0.15, -0.1) is 11.3 Å². The van der Waals surface area contributed by atoms with Crippen molar-refractivity contribution in [2.24, 2.45) is 4.99 Å². The predicted molar refractivity (Wildman–Crippen MR) is 106 cm³/mol. The third-order valence-corrected chi connectivity index (χ3v) is 5.36. The van der Waals surface area contributed by atoms with Crippen LogP contribution >= 0.6 is 11.3 Å². The Kier molecular flexibility index (Phi) is 8.01. The van der Waals surface area contributed by atoms with Gasteiger partial charge in [-0.1, -0.05) is 19.9 Å². The zero-order valence-corrected chi connectivity index (χ0v) is 16.6. The van der Waals surface area contributed by atoms with Gasteiger partial charge < -0.3 is 14.6 Å². The van der Waals surface area contributed by atoms with Gasteiger partial charge in [0.15, 0.2) is 5.96 Å². The van der Waals surface area contributed by atoms with Crippen LogP contribution in [-0.2, 0) is 6.42 Å². The molecule has 138 valence electrons. The van der Waals surface area contributed by atoms with Crippen LogP contribution < -0.4 is 5.32 Å². The smallest absolute Gasteiger partial charge is 0.193 e. The minimum Gasteiger partial charge on any atom is -0.468 e. The summed E-state index contributed by atoms with van der Waals surface area (Å²) in [6.07, 6.45) is 2.78. The first-order valence-corrected chi connectivity index (χ1v) is 9.79. The van der Waals surface area contributed by atoms with E-state index in [4.69, 9.17) is 4.42 Å². The van der Waals surface area contributed by atoms with Gasteiger partial charge in [0.2, 0.25) is 0 Å². The molecule has 1 N–H and O–H groups in total. The fourth-order valence-corrected chi connectivity index (χ4v) is 3.66. The van der Waals surface area contributed by atoms with Gasteiger partial charge in [0.05, 0.1) is 12.3 Å². The van der Waals surface area contributed by atoms with Crippen LogP contribution in [0, 0.1) is 0 Å². The fourth-order valence-electron chi connectivity index (χ4n) is 2.97. The highest BCUT2D eigenvalue weighted by atomic mass is 32.1. The summed E-state index contributed by atoms with van der Waals surface area (Å²) in [5, 5.41) is 5.64. The normalized spacial score (nSPS) is 13.2. The van der Waals surface area contributed by atoms with Crippen LogP contribution in [0.5, 0.6) is 0 Å². The molecule has 0 aliphatic heterocycles. The zero-order chi connectivity index (χ0) is 18.1. The van der Waals surface area contributed by atoms with E-state index in [1.807, 2.05) is 19.2 Å². The lowest BCUT2D eigenvalue weighted by Crippen LogP contribution is -2.44. The maximum atomic E-state index is 5.67. The van der Waals surface area contributed by atoms with Gasteiger partial charge in [-0.2, -0.15) is 0 Å². The molecule has 2 aromatic rings. The van der Waals surface area contributed by atoms with Crippen molar-refractivity contribution in [3.8, 4) is 0 Å². The summed E-state index contributed by atoms with van der Waals surface area (Å²) in [7, 11) is 3.92. The zero-order valence-electron chi connectivity index (χ0n) is 15.7. The number of furan rings is 1. The number of guanidine groups is 1. The summed E-state index contributed by atoms with van der Waals surface area (Å²) < 4.78 is 5.67. The molecule has 0 aliphatic rings. The molecule has 0 aliphatic carbocycles. The molecule has 0 bridgehead atoms. The maximum Gasteiger partial charge on any atom is 0.193 e. The number of hydrogen-bond donors (Lipinski definition) is 1. The van der Waals surface area contributed by atoms with Crippen molar-refractivity contribution in [1.82, 2.24) is 15.1 Å². The van der Waals surface area contributed by atoms with Gasteiger partial charge in [0.1, 0.15) is 5.76 Å². The van der Waals surface area contributed by atoms with Gasteiger partial charge >= 0.3 is 0 Å². The molecular formula is C19H30N4OS. The molecule has 25 heavy (non-hydrogen) atoms. The maximum absolute atomic E-state index is 5.67. The SMILES string of the molecule is CCN(CC)C(CNC(=NC)N(C)CCc1cccs1)c1ccco1. The Morgan fingerprint density at radius 1 is 1.28 bits per heavy atom. The van der Waals surface area contributed by atoms with Gasteiger partial charge in [-0.3, -0.25) is 9.89 Å². The Balaban J connectivity index is 1.94. The predicted octanol–water partition coefficient (Wildman–Crippen LogP) is 3.47. The molecular weight excluding hydrogens is 332 g/mol. The molecule has 0 spiro atoms. The van der Waals surface area contributed by atoms with E-state index >= 15 is 0 Å². The Labute approximate surface area is 155 Å². The lowest BCUT2D eigenvalue weighted by molar-refractivity contribution is 0.192. The summed E-state index contributed by atoms with van der Waals surface area (Å²) in [5.74, 6) is 1.91. The van der Waals surface area contributed by atoms with Crippen LogP contribution in [0.3, 0.4) is 0 Å². The lowest BCUT2D eigenvalue weighted by Gasteiger charge is -2.30. The highest BCUT2D eigenvalue weighted by Crippen LogP contribution is 2.20. The first-order valence-electron chi connectivity index (χ1n) is 8.91. The van der Waals surface area contributed by atoms with Crippen molar-refractivity contribution in [1.29, 1.82) is 0 Å². The third-order valence-electron chi connectivity index (χ3n) is 4.43. The van der Waals surface area contributed by atoms with Crippen LogP contribution in [-0.4, -0.2) is 56.0 Å². The van der Waals surface area contributed by atoms with E-state index in [2.05, 4.69) is 58.5 Å².